The number of carbonyl (C=O) groups excluding carboxylic acids is 3. The molecule has 1 atom stereocenters. The van der Waals surface area contributed by atoms with E-state index in [2.05, 4.69) is 0 Å². The predicted octanol–water partition coefficient (Wildman–Crippen LogP) is 5.59. The van der Waals surface area contributed by atoms with Crippen molar-refractivity contribution in [3.8, 4) is 11.5 Å². The van der Waals surface area contributed by atoms with Gasteiger partial charge in [-0.05, 0) is 72.5 Å². The van der Waals surface area contributed by atoms with E-state index in [0.29, 0.717) is 34.9 Å². The van der Waals surface area contributed by atoms with Crippen LogP contribution in [0.2, 0.25) is 0 Å². The van der Waals surface area contributed by atoms with Crippen LogP contribution < -0.4 is 14.4 Å². The van der Waals surface area contributed by atoms with Gasteiger partial charge >= 0.3 is 5.97 Å². The maximum absolute atomic E-state index is 13.3. The number of aryl methyl sites for hydroxylation is 1. The van der Waals surface area contributed by atoms with Crippen LogP contribution in [-0.2, 0) is 20.8 Å². The number of aliphatic hydroxyl groups is 1. The van der Waals surface area contributed by atoms with E-state index in [0.717, 1.165) is 18.4 Å². The van der Waals surface area contributed by atoms with E-state index in [-0.39, 0.29) is 11.3 Å². The minimum atomic E-state index is -0.880. The van der Waals surface area contributed by atoms with Crippen molar-refractivity contribution < 1.29 is 29.0 Å². The van der Waals surface area contributed by atoms with E-state index in [1.807, 2.05) is 26.0 Å². The first kappa shape index (κ1) is 25.7. The van der Waals surface area contributed by atoms with Crippen LogP contribution in [0.15, 0.2) is 78.4 Å². The van der Waals surface area contributed by atoms with Gasteiger partial charge in [0.15, 0.2) is 0 Å². The highest BCUT2D eigenvalue weighted by Gasteiger charge is 2.47. The van der Waals surface area contributed by atoms with E-state index in [9.17, 15) is 19.5 Å². The predicted molar refractivity (Wildman–Crippen MR) is 141 cm³/mol. The van der Waals surface area contributed by atoms with Crippen LogP contribution in [0.3, 0.4) is 0 Å². The molecule has 0 saturated carbocycles. The van der Waals surface area contributed by atoms with Crippen LogP contribution >= 0.6 is 0 Å². The highest BCUT2D eigenvalue weighted by atomic mass is 16.5. The number of rotatable bonds is 8. The third-order valence-corrected chi connectivity index (χ3v) is 6.13. The van der Waals surface area contributed by atoms with Crippen LogP contribution in [0.25, 0.3) is 5.76 Å². The van der Waals surface area contributed by atoms with Crippen LogP contribution in [0.1, 0.15) is 49.9 Å². The van der Waals surface area contributed by atoms with E-state index in [1.165, 1.54) is 11.8 Å². The lowest BCUT2D eigenvalue weighted by Gasteiger charge is -2.25. The third-order valence-electron chi connectivity index (χ3n) is 6.13. The van der Waals surface area contributed by atoms with Gasteiger partial charge in [0, 0.05) is 18.2 Å². The molecule has 1 aliphatic heterocycles. The summed E-state index contributed by atoms with van der Waals surface area (Å²) in [6, 6.07) is 19.8. The average Bonchev–Trinajstić information content (AvgIpc) is 3.17. The second-order valence-electron chi connectivity index (χ2n) is 8.72. The van der Waals surface area contributed by atoms with Gasteiger partial charge < -0.3 is 14.6 Å². The number of hydrogen-bond donors (Lipinski definition) is 1. The van der Waals surface area contributed by atoms with E-state index >= 15 is 0 Å². The number of amides is 1. The Bertz CT molecular complexity index is 1320. The summed E-state index contributed by atoms with van der Waals surface area (Å²) in [4.78, 5) is 39.4. The zero-order valence-electron chi connectivity index (χ0n) is 21.1. The van der Waals surface area contributed by atoms with Crippen LogP contribution in [0.5, 0.6) is 11.5 Å². The van der Waals surface area contributed by atoms with Crippen LogP contribution in [0, 0.1) is 0 Å². The zero-order chi connectivity index (χ0) is 26.5. The summed E-state index contributed by atoms with van der Waals surface area (Å²) in [5.74, 6) is -1.26. The molecule has 7 heteroatoms. The normalized spacial score (nSPS) is 16.6. The number of Topliss-reactive ketones (excluding diaryl/α,β-unsaturated/α-hetero) is 1. The minimum Gasteiger partial charge on any atom is -0.507 e. The standard InChI is InChI=1S/C30H29NO6/c1-4-18-36-24-14-10-22(11-15-24)28(33)26-27(21-8-16-25(17-9-21)37-19(3)32)31(30(35)29(26)34)23-12-6-20(5-2)7-13-23/h6-17,27,33H,4-5,18H2,1-3H3/b28-26+. The lowest BCUT2D eigenvalue weighted by atomic mass is 9.95. The Kier molecular flexibility index (Phi) is 7.72. The summed E-state index contributed by atoms with van der Waals surface area (Å²) >= 11 is 0. The Labute approximate surface area is 215 Å². The van der Waals surface area contributed by atoms with Gasteiger partial charge in [-0.3, -0.25) is 19.3 Å². The Balaban J connectivity index is 1.82. The van der Waals surface area contributed by atoms with Crippen molar-refractivity contribution in [3.63, 3.8) is 0 Å². The topological polar surface area (TPSA) is 93.1 Å². The maximum Gasteiger partial charge on any atom is 0.308 e. The molecule has 4 rings (SSSR count). The molecular weight excluding hydrogens is 470 g/mol. The summed E-state index contributed by atoms with van der Waals surface area (Å²) in [7, 11) is 0. The number of anilines is 1. The summed E-state index contributed by atoms with van der Waals surface area (Å²) < 4.78 is 10.7. The number of benzene rings is 3. The van der Waals surface area contributed by atoms with Gasteiger partial charge in [-0.1, -0.05) is 38.1 Å². The Hall–Kier alpha value is -4.39. The fourth-order valence-electron chi connectivity index (χ4n) is 4.28. The molecule has 1 unspecified atom stereocenters. The molecule has 7 nitrogen and oxygen atoms in total. The lowest BCUT2D eigenvalue weighted by molar-refractivity contribution is -0.132. The fourth-order valence-corrected chi connectivity index (χ4v) is 4.28. The molecule has 190 valence electrons. The second-order valence-corrected chi connectivity index (χ2v) is 8.72. The summed E-state index contributed by atoms with van der Waals surface area (Å²) in [6.45, 7) is 5.91. The number of esters is 1. The van der Waals surface area contributed by atoms with E-state index in [1.54, 1.807) is 60.7 Å². The van der Waals surface area contributed by atoms with Gasteiger partial charge in [0.25, 0.3) is 11.7 Å². The first-order valence-electron chi connectivity index (χ1n) is 12.3. The number of nitrogens with zero attached hydrogens (tertiary/aromatic N) is 1. The molecule has 3 aromatic carbocycles. The quantitative estimate of drug-likeness (QED) is 0.143. The molecule has 0 aromatic heterocycles. The van der Waals surface area contributed by atoms with E-state index in [4.69, 9.17) is 9.47 Å². The number of ketones is 1. The van der Waals surface area contributed by atoms with Crippen molar-refractivity contribution >= 4 is 29.1 Å². The summed E-state index contributed by atoms with van der Waals surface area (Å²) in [5.41, 5.74) is 2.58. The molecule has 1 aliphatic rings. The van der Waals surface area contributed by atoms with Crippen molar-refractivity contribution in [3.05, 3.63) is 95.1 Å². The van der Waals surface area contributed by atoms with Crippen LogP contribution in [-0.4, -0.2) is 29.4 Å². The molecule has 1 N–H and O–H groups in total. The molecule has 0 aliphatic carbocycles. The first-order chi connectivity index (χ1) is 17.8. The van der Waals surface area contributed by atoms with Gasteiger partial charge in [-0.2, -0.15) is 0 Å². The van der Waals surface area contributed by atoms with Crippen molar-refractivity contribution in [2.24, 2.45) is 0 Å². The minimum absolute atomic E-state index is 0.0213. The maximum atomic E-state index is 13.3. The van der Waals surface area contributed by atoms with Crippen molar-refractivity contribution in [2.45, 2.75) is 39.7 Å². The highest BCUT2D eigenvalue weighted by molar-refractivity contribution is 6.51. The lowest BCUT2D eigenvalue weighted by Crippen LogP contribution is -2.29. The highest BCUT2D eigenvalue weighted by Crippen LogP contribution is 2.42. The zero-order valence-corrected chi connectivity index (χ0v) is 21.1. The fraction of sp³-hybridized carbons (Fsp3) is 0.233. The SMILES string of the molecule is CCCOc1ccc(/C(O)=C2\C(=O)C(=O)N(c3ccc(CC)cc3)C2c2ccc(OC(C)=O)cc2)cc1. The molecular formula is C30H29NO6. The molecule has 1 fully saturated rings. The second kappa shape index (κ2) is 11.1. The van der Waals surface area contributed by atoms with Gasteiger partial charge in [-0.25, -0.2) is 0 Å². The first-order valence-corrected chi connectivity index (χ1v) is 12.3. The van der Waals surface area contributed by atoms with E-state index < -0.39 is 23.7 Å². The van der Waals surface area contributed by atoms with Gasteiger partial charge in [0.1, 0.15) is 17.3 Å². The summed E-state index contributed by atoms with van der Waals surface area (Å²) in [5, 5.41) is 11.3. The van der Waals surface area contributed by atoms with Gasteiger partial charge in [0.2, 0.25) is 0 Å². The number of carbonyl (C=O) groups is 3. The molecule has 0 spiro atoms. The molecule has 1 heterocycles. The molecule has 1 amide bonds. The number of hydrogen-bond acceptors (Lipinski definition) is 6. The number of ether oxygens (including phenoxy) is 2. The third kappa shape index (κ3) is 5.40. The van der Waals surface area contributed by atoms with Crippen molar-refractivity contribution in [1.82, 2.24) is 0 Å². The largest absolute Gasteiger partial charge is 0.507 e. The summed E-state index contributed by atoms with van der Waals surface area (Å²) in [6.07, 6.45) is 1.69. The van der Waals surface area contributed by atoms with Gasteiger partial charge in [0.05, 0.1) is 18.2 Å². The molecule has 1 saturated heterocycles. The Morgan fingerprint density at radius 1 is 0.892 bits per heavy atom. The van der Waals surface area contributed by atoms with Gasteiger partial charge in [-0.15, -0.1) is 0 Å². The monoisotopic (exact) mass is 499 g/mol. The van der Waals surface area contributed by atoms with Crippen molar-refractivity contribution in [2.75, 3.05) is 11.5 Å². The van der Waals surface area contributed by atoms with Crippen molar-refractivity contribution in [1.29, 1.82) is 0 Å². The number of aliphatic hydroxyl groups excluding tert-OH is 1. The Morgan fingerprint density at radius 2 is 1.51 bits per heavy atom. The van der Waals surface area contributed by atoms with Crippen LogP contribution in [0.4, 0.5) is 5.69 Å². The molecule has 37 heavy (non-hydrogen) atoms. The Morgan fingerprint density at radius 3 is 2.08 bits per heavy atom. The smallest absolute Gasteiger partial charge is 0.308 e. The average molecular weight is 500 g/mol. The molecule has 3 aromatic rings. The molecule has 0 bridgehead atoms. The molecule has 0 radical (unpaired) electrons.